The van der Waals surface area contributed by atoms with Crippen molar-refractivity contribution in [1.82, 2.24) is 10.6 Å². The summed E-state index contributed by atoms with van der Waals surface area (Å²) in [5.74, 6) is -1.09. The van der Waals surface area contributed by atoms with E-state index in [0.29, 0.717) is 22.9 Å². The first kappa shape index (κ1) is 21.2. The molecule has 8 heteroatoms. The molecule has 2 N–H and O–H groups in total. The van der Waals surface area contributed by atoms with E-state index in [-0.39, 0.29) is 0 Å². The van der Waals surface area contributed by atoms with Crippen molar-refractivity contribution < 1.29 is 23.9 Å². The summed E-state index contributed by atoms with van der Waals surface area (Å²) in [6, 6.07) is 14.2. The minimum Gasteiger partial charge on any atom is -0.479 e. The van der Waals surface area contributed by atoms with Crippen molar-refractivity contribution in [2.24, 2.45) is 0 Å². The van der Waals surface area contributed by atoms with Crippen molar-refractivity contribution in [2.45, 2.75) is 26.1 Å². The molecule has 2 aromatic carbocycles. The van der Waals surface area contributed by atoms with Gasteiger partial charge in [0.2, 0.25) is 6.10 Å². The molecule has 0 fully saturated rings. The van der Waals surface area contributed by atoms with E-state index in [1.165, 1.54) is 6.92 Å². The van der Waals surface area contributed by atoms with Gasteiger partial charge in [0.15, 0.2) is 6.10 Å². The Hall–Kier alpha value is -3.06. The molecule has 0 unspecified atom stereocenters. The van der Waals surface area contributed by atoms with Gasteiger partial charge in [0.1, 0.15) is 5.75 Å². The number of benzene rings is 2. The number of urea groups is 1. The van der Waals surface area contributed by atoms with Crippen molar-refractivity contribution in [3.05, 3.63) is 65.2 Å². The molecule has 0 saturated heterocycles. The van der Waals surface area contributed by atoms with Crippen LogP contribution >= 0.6 is 11.6 Å². The average molecular weight is 405 g/mol. The summed E-state index contributed by atoms with van der Waals surface area (Å²) in [7, 11) is 0. The molecule has 3 amide bonds. The summed E-state index contributed by atoms with van der Waals surface area (Å²) in [4.78, 5) is 36.6. The van der Waals surface area contributed by atoms with Gasteiger partial charge in [-0.2, -0.15) is 0 Å². The van der Waals surface area contributed by atoms with Crippen LogP contribution in [0.1, 0.15) is 25.5 Å². The normalized spacial score (nSPS) is 12.4. The number of rotatable bonds is 7. The standard InChI is InChI=1S/C20H21ClN2O5/c1-3-22-20(26)23-18(24)17(14-7-5-4-6-8-14)28-19(25)13(2)27-16-11-9-15(21)10-12-16/h4-13,17H,3H2,1-2H3,(H2,22,23,24,26)/t13-,17+/m1/s1. The lowest BCUT2D eigenvalue weighted by Crippen LogP contribution is -2.43. The zero-order chi connectivity index (χ0) is 20.5. The third-order valence-electron chi connectivity index (χ3n) is 3.61. The molecule has 0 saturated carbocycles. The number of amides is 3. The van der Waals surface area contributed by atoms with Crippen molar-refractivity contribution in [1.29, 1.82) is 0 Å². The number of hydrogen-bond acceptors (Lipinski definition) is 5. The second kappa shape index (κ2) is 10.3. The van der Waals surface area contributed by atoms with Crippen LogP contribution in [0.3, 0.4) is 0 Å². The number of halogens is 1. The Bertz CT molecular complexity index is 811. The largest absolute Gasteiger partial charge is 0.479 e. The smallest absolute Gasteiger partial charge is 0.348 e. The van der Waals surface area contributed by atoms with Crippen LogP contribution in [0.4, 0.5) is 4.79 Å². The van der Waals surface area contributed by atoms with Crippen LogP contribution in [0.15, 0.2) is 54.6 Å². The van der Waals surface area contributed by atoms with E-state index in [0.717, 1.165) is 0 Å². The van der Waals surface area contributed by atoms with Gasteiger partial charge in [-0.1, -0.05) is 41.9 Å². The quantitative estimate of drug-likeness (QED) is 0.691. The first-order chi connectivity index (χ1) is 13.4. The second-order valence-electron chi connectivity index (χ2n) is 5.79. The fraction of sp³-hybridized carbons (Fsp3) is 0.250. The molecular formula is C20H21ClN2O5. The fourth-order valence-electron chi connectivity index (χ4n) is 2.26. The molecule has 2 aromatic rings. The molecule has 0 bridgehead atoms. The molecule has 0 aromatic heterocycles. The molecule has 0 heterocycles. The number of ether oxygens (including phenoxy) is 2. The number of imide groups is 1. The van der Waals surface area contributed by atoms with Crippen LogP contribution in [-0.2, 0) is 14.3 Å². The molecule has 2 rings (SSSR count). The van der Waals surface area contributed by atoms with Gasteiger partial charge in [-0.15, -0.1) is 0 Å². The monoisotopic (exact) mass is 404 g/mol. The SMILES string of the molecule is CCNC(=O)NC(=O)[C@@H](OC(=O)[C@@H](C)Oc1ccc(Cl)cc1)c1ccccc1. The lowest BCUT2D eigenvalue weighted by atomic mass is 10.1. The molecule has 28 heavy (non-hydrogen) atoms. The molecule has 0 aliphatic rings. The highest BCUT2D eigenvalue weighted by molar-refractivity contribution is 6.30. The Morgan fingerprint density at radius 1 is 1.04 bits per heavy atom. The third kappa shape index (κ3) is 6.28. The van der Waals surface area contributed by atoms with Crippen LogP contribution in [0.5, 0.6) is 5.75 Å². The number of esters is 1. The Morgan fingerprint density at radius 2 is 1.68 bits per heavy atom. The number of hydrogen-bond donors (Lipinski definition) is 2. The Morgan fingerprint density at radius 3 is 2.29 bits per heavy atom. The topological polar surface area (TPSA) is 93.7 Å². The summed E-state index contributed by atoms with van der Waals surface area (Å²) in [5, 5.41) is 5.14. The Kier molecular flexibility index (Phi) is 7.83. The van der Waals surface area contributed by atoms with Crippen LogP contribution in [-0.4, -0.2) is 30.6 Å². The maximum absolute atomic E-state index is 12.5. The molecule has 148 valence electrons. The zero-order valence-electron chi connectivity index (χ0n) is 15.5. The fourth-order valence-corrected chi connectivity index (χ4v) is 2.39. The minimum absolute atomic E-state index is 0.348. The summed E-state index contributed by atoms with van der Waals surface area (Å²) in [5.41, 5.74) is 0.427. The summed E-state index contributed by atoms with van der Waals surface area (Å²) in [6.45, 7) is 3.57. The van der Waals surface area contributed by atoms with E-state index in [2.05, 4.69) is 10.6 Å². The van der Waals surface area contributed by atoms with Crippen LogP contribution in [0.25, 0.3) is 0 Å². The van der Waals surface area contributed by atoms with Gasteiger partial charge in [-0.25, -0.2) is 9.59 Å². The predicted octanol–water partition coefficient (Wildman–Crippen LogP) is 3.24. The Balaban J connectivity index is 2.10. The van der Waals surface area contributed by atoms with Gasteiger partial charge >= 0.3 is 12.0 Å². The van der Waals surface area contributed by atoms with Gasteiger partial charge in [0.05, 0.1) is 0 Å². The maximum atomic E-state index is 12.5. The molecule has 0 aliphatic heterocycles. The zero-order valence-corrected chi connectivity index (χ0v) is 16.2. The van der Waals surface area contributed by atoms with Crippen LogP contribution < -0.4 is 15.4 Å². The predicted molar refractivity (Wildman–Crippen MR) is 104 cm³/mol. The van der Waals surface area contributed by atoms with E-state index >= 15 is 0 Å². The highest BCUT2D eigenvalue weighted by Crippen LogP contribution is 2.21. The highest BCUT2D eigenvalue weighted by Gasteiger charge is 2.29. The van der Waals surface area contributed by atoms with Gasteiger partial charge in [-0.05, 0) is 38.1 Å². The summed E-state index contributed by atoms with van der Waals surface area (Å²) in [6.07, 6.45) is -2.28. The number of carbonyl (C=O) groups excluding carboxylic acids is 3. The van der Waals surface area contributed by atoms with E-state index in [4.69, 9.17) is 21.1 Å². The van der Waals surface area contributed by atoms with Gasteiger partial charge in [0.25, 0.3) is 5.91 Å². The van der Waals surface area contributed by atoms with Gasteiger partial charge < -0.3 is 14.8 Å². The first-order valence-electron chi connectivity index (χ1n) is 8.67. The lowest BCUT2D eigenvalue weighted by molar-refractivity contribution is -0.162. The summed E-state index contributed by atoms with van der Waals surface area (Å²) >= 11 is 5.82. The molecule has 2 atom stereocenters. The van der Waals surface area contributed by atoms with Crippen molar-refractivity contribution in [3.8, 4) is 5.75 Å². The molecular weight excluding hydrogens is 384 g/mol. The van der Waals surface area contributed by atoms with E-state index in [1.807, 2.05) is 0 Å². The van der Waals surface area contributed by atoms with Crippen molar-refractivity contribution in [2.75, 3.05) is 6.54 Å². The lowest BCUT2D eigenvalue weighted by Gasteiger charge is -2.20. The molecule has 0 aliphatic carbocycles. The Labute approximate surface area is 168 Å². The highest BCUT2D eigenvalue weighted by atomic mass is 35.5. The molecule has 0 spiro atoms. The average Bonchev–Trinajstić information content (AvgIpc) is 2.68. The van der Waals surface area contributed by atoms with E-state index < -0.39 is 30.1 Å². The minimum atomic E-state index is -1.30. The summed E-state index contributed by atoms with van der Waals surface area (Å²) < 4.78 is 10.9. The van der Waals surface area contributed by atoms with Gasteiger partial charge in [-0.3, -0.25) is 10.1 Å². The van der Waals surface area contributed by atoms with Crippen LogP contribution in [0, 0.1) is 0 Å². The number of nitrogens with one attached hydrogen (secondary N) is 2. The van der Waals surface area contributed by atoms with Crippen LogP contribution in [0.2, 0.25) is 5.02 Å². The first-order valence-corrected chi connectivity index (χ1v) is 9.05. The molecule has 7 nitrogen and oxygen atoms in total. The van der Waals surface area contributed by atoms with Crippen molar-refractivity contribution >= 4 is 29.5 Å². The van der Waals surface area contributed by atoms with E-state index in [9.17, 15) is 14.4 Å². The third-order valence-corrected chi connectivity index (χ3v) is 3.86. The number of carbonyl (C=O) groups is 3. The van der Waals surface area contributed by atoms with Crippen molar-refractivity contribution in [3.63, 3.8) is 0 Å². The second-order valence-corrected chi connectivity index (χ2v) is 6.23. The van der Waals surface area contributed by atoms with E-state index in [1.54, 1.807) is 61.5 Å². The van der Waals surface area contributed by atoms with Gasteiger partial charge in [0, 0.05) is 17.1 Å². The maximum Gasteiger partial charge on any atom is 0.348 e. The molecule has 0 radical (unpaired) electrons.